The lowest BCUT2D eigenvalue weighted by Gasteiger charge is -2.21. The van der Waals surface area contributed by atoms with Gasteiger partial charge in [-0.2, -0.15) is 10.2 Å². The monoisotopic (exact) mass is 829 g/mol. The van der Waals surface area contributed by atoms with E-state index in [2.05, 4.69) is 74.4 Å². The molecular formula is C47H67N5S4. The number of nitrogens with zero attached hydrogens (tertiary/aromatic N) is 4. The van der Waals surface area contributed by atoms with E-state index in [1.54, 1.807) is 0 Å². The molecule has 0 spiro atoms. The summed E-state index contributed by atoms with van der Waals surface area (Å²) in [6.07, 6.45) is 20.6. The van der Waals surface area contributed by atoms with Crippen molar-refractivity contribution in [3.63, 3.8) is 0 Å². The zero-order valence-electron chi connectivity index (χ0n) is 35.4. The van der Waals surface area contributed by atoms with Crippen molar-refractivity contribution in [1.29, 1.82) is 0 Å². The van der Waals surface area contributed by atoms with Crippen molar-refractivity contribution >= 4 is 118 Å². The van der Waals surface area contributed by atoms with Gasteiger partial charge in [-0.05, 0) is 72.8 Å². The average Bonchev–Trinajstić information content (AvgIpc) is 4.05. The van der Waals surface area contributed by atoms with E-state index in [-0.39, 0.29) is 6.04 Å². The first-order chi connectivity index (χ1) is 27.4. The first-order valence-electron chi connectivity index (χ1n) is 22.4. The van der Waals surface area contributed by atoms with Crippen LogP contribution in [0.1, 0.15) is 157 Å². The van der Waals surface area contributed by atoms with E-state index in [9.17, 15) is 0 Å². The maximum absolute atomic E-state index is 7.65. The molecule has 0 aliphatic rings. The Hall–Kier alpha value is -2.46. The van der Waals surface area contributed by atoms with Gasteiger partial charge in [-0.25, -0.2) is 0 Å². The summed E-state index contributed by atoms with van der Waals surface area (Å²) in [6, 6.07) is 2.52. The first kappa shape index (κ1) is 41.7. The van der Waals surface area contributed by atoms with E-state index in [1.807, 2.05) is 45.3 Å². The highest BCUT2D eigenvalue weighted by Gasteiger charge is 2.31. The smallest absolute Gasteiger partial charge is 0.120 e. The quantitative estimate of drug-likeness (QED) is 0.0390. The number of rotatable bonds is 23. The Balaban J connectivity index is 1.61. The lowest BCUT2D eigenvalue weighted by atomic mass is 9.98. The van der Waals surface area contributed by atoms with E-state index in [0.29, 0.717) is 11.8 Å². The molecule has 1 aromatic carbocycles. The molecule has 7 rings (SSSR count). The molecule has 0 saturated heterocycles. The lowest BCUT2D eigenvalue weighted by molar-refractivity contribution is 0.398. The molecular weight excluding hydrogens is 763 g/mol. The van der Waals surface area contributed by atoms with E-state index in [4.69, 9.17) is 16.0 Å². The van der Waals surface area contributed by atoms with Crippen LogP contribution in [0.5, 0.6) is 0 Å². The van der Waals surface area contributed by atoms with Crippen molar-refractivity contribution < 1.29 is 0 Å². The second-order valence-electron chi connectivity index (χ2n) is 16.6. The van der Waals surface area contributed by atoms with Gasteiger partial charge in [0.2, 0.25) is 0 Å². The Morgan fingerprint density at radius 1 is 0.607 bits per heavy atom. The summed E-state index contributed by atoms with van der Waals surface area (Å²) in [5.74, 6) is 1.22. The minimum atomic E-state index is 0.207. The standard InChI is InChI=1S/C47H67N5S4/c1-8-15-19-20-23-32-29-54-47-42-46(56-43(32)47)36-38(50-49-33(14-7)24-18-11-4)37(48)35-39(40(36)52(42)28-31(13-6)22-17-10-3)51(27-30(12-5)21-16-9-2)41-44-34(25-26-53-44)55-45(35)41/h25-26,29-31,33H,8-24,27-28,48H2,1-7H3. The molecule has 0 bridgehead atoms. The van der Waals surface area contributed by atoms with Crippen LogP contribution in [0.25, 0.3) is 61.0 Å². The van der Waals surface area contributed by atoms with Crippen LogP contribution < -0.4 is 5.73 Å². The van der Waals surface area contributed by atoms with E-state index in [1.165, 1.54) is 156 Å². The summed E-state index contributed by atoms with van der Waals surface area (Å²) in [7, 11) is 0. The highest BCUT2D eigenvalue weighted by atomic mass is 32.1. The minimum Gasteiger partial charge on any atom is -0.396 e. The zero-order valence-corrected chi connectivity index (χ0v) is 38.7. The number of fused-ring (bicyclic) bond motifs is 11. The number of unbranched alkanes of at least 4 members (excludes halogenated alkanes) is 6. The van der Waals surface area contributed by atoms with Gasteiger partial charge in [0.05, 0.1) is 57.3 Å². The Morgan fingerprint density at radius 2 is 1.23 bits per heavy atom. The van der Waals surface area contributed by atoms with Crippen LogP contribution in [0.15, 0.2) is 27.1 Å². The summed E-state index contributed by atoms with van der Waals surface area (Å²) >= 11 is 7.84. The fraction of sp³-hybridized carbons (Fsp3) is 0.617. The molecule has 56 heavy (non-hydrogen) atoms. The molecule has 3 atom stereocenters. The molecule has 6 heterocycles. The summed E-state index contributed by atoms with van der Waals surface area (Å²) < 4.78 is 14.0. The normalized spacial score (nSPS) is 14.4. The van der Waals surface area contributed by atoms with Crippen molar-refractivity contribution in [3.8, 4) is 0 Å². The topological polar surface area (TPSA) is 60.6 Å². The largest absolute Gasteiger partial charge is 0.396 e. The Kier molecular flexibility index (Phi) is 14.2. The van der Waals surface area contributed by atoms with Crippen molar-refractivity contribution in [1.82, 2.24) is 9.13 Å². The fourth-order valence-corrected chi connectivity index (χ4v) is 14.3. The molecule has 7 aromatic rings. The summed E-state index contributed by atoms with van der Waals surface area (Å²) in [5.41, 5.74) is 16.5. The number of hydrogen-bond acceptors (Lipinski definition) is 7. The number of nitrogens with two attached hydrogens (primary N) is 1. The van der Waals surface area contributed by atoms with Gasteiger partial charge in [0, 0.05) is 28.6 Å². The van der Waals surface area contributed by atoms with Crippen LogP contribution in [0.2, 0.25) is 0 Å². The van der Waals surface area contributed by atoms with Gasteiger partial charge in [-0.15, -0.1) is 45.3 Å². The lowest BCUT2D eigenvalue weighted by Crippen LogP contribution is -2.13. The molecule has 0 radical (unpaired) electrons. The molecule has 5 nitrogen and oxygen atoms in total. The van der Waals surface area contributed by atoms with Gasteiger partial charge in [0.1, 0.15) is 5.69 Å². The van der Waals surface area contributed by atoms with Crippen LogP contribution in [0.4, 0.5) is 11.4 Å². The van der Waals surface area contributed by atoms with E-state index in [0.717, 1.165) is 43.7 Å². The predicted octanol–water partition coefficient (Wildman–Crippen LogP) is 17.6. The van der Waals surface area contributed by atoms with Crippen molar-refractivity contribution in [3.05, 3.63) is 22.4 Å². The maximum atomic E-state index is 7.65. The third-order valence-corrected chi connectivity index (χ3v) is 17.3. The molecule has 0 aliphatic heterocycles. The average molecular weight is 830 g/mol. The molecule has 0 amide bonds. The SMILES string of the molecule is CCCCCCc1csc2c1sc1c3c(N=NC(CC)CCCC)c(N)c4c5sc6ccsc6c5n(CC(CC)CCCC)c4c3n(CC(CC)CCCC)c21. The van der Waals surface area contributed by atoms with Gasteiger partial charge in [-0.1, -0.05) is 119 Å². The van der Waals surface area contributed by atoms with Crippen molar-refractivity contribution in [2.24, 2.45) is 22.1 Å². The number of hydrogen-bond donors (Lipinski definition) is 1. The summed E-state index contributed by atoms with van der Waals surface area (Å²) in [6.45, 7) is 18.4. The Labute approximate surface area is 351 Å². The Morgan fingerprint density at radius 3 is 1.88 bits per heavy atom. The van der Waals surface area contributed by atoms with Gasteiger partial charge < -0.3 is 14.9 Å². The molecule has 0 fully saturated rings. The number of azo groups is 1. The predicted molar refractivity (Wildman–Crippen MR) is 256 cm³/mol. The number of benzene rings is 1. The van der Waals surface area contributed by atoms with Gasteiger partial charge in [0.25, 0.3) is 0 Å². The fourth-order valence-electron chi connectivity index (χ4n) is 9.13. The summed E-state index contributed by atoms with van der Waals surface area (Å²) in [5, 5.41) is 17.7. The number of nitrogen functional groups attached to an aromatic ring is 1. The van der Waals surface area contributed by atoms with Crippen LogP contribution in [0.3, 0.4) is 0 Å². The third kappa shape index (κ3) is 7.85. The number of aromatic nitrogens is 2. The molecule has 0 saturated carbocycles. The summed E-state index contributed by atoms with van der Waals surface area (Å²) in [4.78, 5) is 0. The first-order valence-corrected chi connectivity index (χ1v) is 25.8. The zero-order chi connectivity index (χ0) is 39.3. The van der Waals surface area contributed by atoms with Crippen molar-refractivity contribution in [2.45, 2.75) is 177 Å². The van der Waals surface area contributed by atoms with Crippen LogP contribution in [-0.4, -0.2) is 15.2 Å². The van der Waals surface area contributed by atoms with Gasteiger partial charge in [-0.3, -0.25) is 0 Å². The van der Waals surface area contributed by atoms with Crippen molar-refractivity contribution in [2.75, 3.05) is 5.73 Å². The molecule has 304 valence electrons. The Bertz CT molecular complexity index is 2390. The highest BCUT2D eigenvalue weighted by Crippen LogP contribution is 2.55. The highest BCUT2D eigenvalue weighted by molar-refractivity contribution is 7.33. The molecule has 2 N–H and O–H groups in total. The van der Waals surface area contributed by atoms with E-state index >= 15 is 0 Å². The van der Waals surface area contributed by atoms with Crippen LogP contribution in [0, 0.1) is 11.8 Å². The number of anilines is 1. The maximum Gasteiger partial charge on any atom is 0.120 e. The molecule has 3 unspecified atom stereocenters. The number of thiophene rings is 4. The van der Waals surface area contributed by atoms with Gasteiger partial charge in [0.15, 0.2) is 0 Å². The third-order valence-electron chi connectivity index (χ3n) is 12.7. The van der Waals surface area contributed by atoms with E-state index < -0.39 is 0 Å². The van der Waals surface area contributed by atoms with Crippen LogP contribution >= 0.6 is 45.3 Å². The van der Waals surface area contributed by atoms with Crippen LogP contribution in [-0.2, 0) is 19.5 Å². The minimum absolute atomic E-state index is 0.207. The second-order valence-corrected chi connectivity index (χ2v) is 20.5. The molecule has 0 aliphatic carbocycles. The van der Waals surface area contributed by atoms with Gasteiger partial charge >= 0.3 is 0 Å². The molecule has 6 aromatic heterocycles. The molecule has 9 heteroatoms. The second kappa shape index (κ2) is 19.1. The number of aryl methyl sites for hydroxylation is 1.